The molecule has 3 atom stereocenters. The molecule has 0 bridgehead atoms. The molecule has 0 saturated carbocycles. The van der Waals surface area contributed by atoms with Crippen LogP contribution in [0.4, 0.5) is 4.79 Å². The Hall–Kier alpha value is -2.74. The van der Waals surface area contributed by atoms with Gasteiger partial charge in [0, 0.05) is 0 Å². The first-order valence-electron chi connectivity index (χ1n) is 10.00. The minimum atomic E-state index is -1.23. The zero-order valence-electron chi connectivity index (χ0n) is 18.3. The Labute approximate surface area is 176 Å². The van der Waals surface area contributed by atoms with Crippen LogP contribution in [0.1, 0.15) is 47.1 Å². The molecule has 0 aromatic heterocycles. The molecule has 2 rings (SSSR count). The number of ether oxygens (including phenoxy) is 1. The van der Waals surface area contributed by atoms with Gasteiger partial charge in [0.05, 0.1) is 12.0 Å². The van der Waals surface area contributed by atoms with Crippen molar-refractivity contribution in [3.63, 3.8) is 0 Å². The molecule has 1 fully saturated rings. The minimum Gasteiger partial charge on any atom is -0.444 e. The number of hydrogen-bond acceptors (Lipinski definition) is 6. The van der Waals surface area contributed by atoms with Gasteiger partial charge in [-0.3, -0.25) is 19.2 Å². The molecule has 8 heteroatoms. The summed E-state index contributed by atoms with van der Waals surface area (Å²) < 4.78 is 5.23. The van der Waals surface area contributed by atoms with Crippen LogP contribution in [0.5, 0.6) is 0 Å². The molecule has 1 saturated heterocycles. The Balaban J connectivity index is 2.13. The Morgan fingerprint density at radius 2 is 1.70 bits per heavy atom. The topological polar surface area (TPSA) is 102 Å². The highest BCUT2D eigenvalue weighted by atomic mass is 16.7. The van der Waals surface area contributed by atoms with Crippen molar-refractivity contribution in [3.8, 4) is 0 Å². The smallest absolute Gasteiger partial charge is 0.408 e. The normalized spacial score (nSPS) is 20.4. The first-order chi connectivity index (χ1) is 13.9. The summed E-state index contributed by atoms with van der Waals surface area (Å²) >= 11 is 0. The Morgan fingerprint density at radius 3 is 2.23 bits per heavy atom. The van der Waals surface area contributed by atoms with Crippen LogP contribution in [0.2, 0.25) is 0 Å². The third kappa shape index (κ3) is 5.66. The van der Waals surface area contributed by atoms with E-state index in [4.69, 9.17) is 9.57 Å². The fourth-order valence-corrected chi connectivity index (χ4v) is 3.18. The predicted octanol–water partition coefficient (Wildman–Crippen LogP) is 2.86. The van der Waals surface area contributed by atoms with E-state index >= 15 is 0 Å². The van der Waals surface area contributed by atoms with Gasteiger partial charge >= 0.3 is 6.09 Å². The summed E-state index contributed by atoms with van der Waals surface area (Å²) in [6.07, 6.45) is -0.754. The number of benzene rings is 1. The van der Waals surface area contributed by atoms with Crippen molar-refractivity contribution >= 4 is 23.7 Å². The Morgan fingerprint density at radius 1 is 1.10 bits per heavy atom. The van der Waals surface area contributed by atoms with Crippen LogP contribution in [0.3, 0.4) is 0 Å². The molecule has 1 heterocycles. The Bertz CT molecular complexity index is 800. The molecule has 164 valence electrons. The van der Waals surface area contributed by atoms with Crippen LogP contribution >= 0.6 is 0 Å². The van der Waals surface area contributed by atoms with Gasteiger partial charge in [-0.2, -0.15) is 5.06 Å². The number of hydroxylamine groups is 2. The highest BCUT2D eigenvalue weighted by molar-refractivity contribution is 6.16. The van der Waals surface area contributed by atoms with Gasteiger partial charge in [-0.15, -0.1) is 0 Å². The summed E-state index contributed by atoms with van der Waals surface area (Å²) in [5, 5.41) is 3.22. The van der Waals surface area contributed by atoms with Gasteiger partial charge in [-0.1, -0.05) is 51.1 Å². The zero-order valence-corrected chi connectivity index (χ0v) is 18.3. The van der Waals surface area contributed by atoms with Crippen molar-refractivity contribution < 1.29 is 28.8 Å². The predicted molar refractivity (Wildman–Crippen MR) is 109 cm³/mol. The lowest BCUT2D eigenvalue weighted by Crippen LogP contribution is -2.50. The molecular weight excluding hydrogens is 388 g/mol. The molecule has 0 radical (unpaired) electrons. The van der Waals surface area contributed by atoms with Crippen LogP contribution in [0.25, 0.3) is 0 Å². The highest BCUT2D eigenvalue weighted by Gasteiger charge is 2.52. The van der Waals surface area contributed by atoms with Crippen LogP contribution in [0.15, 0.2) is 30.3 Å². The lowest BCUT2D eigenvalue weighted by Gasteiger charge is -2.26. The number of ketones is 1. The van der Waals surface area contributed by atoms with Crippen molar-refractivity contribution in [2.45, 2.75) is 59.8 Å². The number of amides is 3. The van der Waals surface area contributed by atoms with Gasteiger partial charge in [0.2, 0.25) is 0 Å². The van der Waals surface area contributed by atoms with Crippen molar-refractivity contribution in [2.24, 2.45) is 17.8 Å². The second kappa shape index (κ2) is 9.38. The van der Waals surface area contributed by atoms with Gasteiger partial charge < -0.3 is 10.1 Å². The molecule has 1 aliphatic rings. The Kier molecular flexibility index (Phi) is 7.36. The molecule has 8 nitrogen and oxygen atoms in total. The number of nitrogens with zero attached hydrogens (tertiary/aromatic N) is 1. The van der Waals surface area contributed by atoms with Gasteiger partial charge in [0.1, 0.15) is 18.1 Å². The number of alkyl carbamates (subject to hydrolysis) is 1. The number of imide groups is 1. The second-order valence-electron chi connectivity index (χ2n) is 8.77. The molecule has 1 aliphatic heterocycles. The van der Waals surface area contributed by atoms with E-state index in [-0.39, 0.29) is 12.5 Å². The lowest BCUT2D eigenvalue weighted by atomic mass is 9.85. The largest absolute Gasteiger partial charge is 0.444 e. The fourth-order valence-electron chi connectivity index (χ4n) is 3.18. The van der Waals surface area contributed by atoms with Crippen LogP contribution in [0, 0.1) is 17.8 Å². The van der Waals surface area contributed by atoms with Gasteiger partial charge in [-0.25, -0.2) is 4.79 Å². The fraction of sp³-hybridized carbons (Fsp3) is 0.545. The monoisotopic (exact) mass is 418 g/mol. The molecule has 0 unspecified atom stereocenters. The molecule has 30 heavy (non-hydrogen) atoms. The molecule has 0 aliphatic carbocycles. The van der Waals surface area contributed by atoms with Gasteiger partial charge in [0.25, 0.3) is 11.8 Å². The molecule has 1 aromatic rings. The van der Waals surface area contributed by atoms with Crippen LogP contribution in [-0.4, -0.2) is 40.4 Å². The zero-order chi connectivity index (χ0) is 22.6. The summed E-state index contributed by atoms with van der Waals surface area (Å²) in [6, 6.07) is 8.11. The molecule has 1 aromatic carbocycles. The number of hydrogen-bond donors (Lipinski definition) is 1. The van der Waals surface area contributed by atoms with Crippen LogP contribution < -0.4 is 5.32 Å². The molecule has 1 N–H and O–H groups in total. The summed E-state index contributed by atoms with van der Waals surface area (Å²) in [7, 11) is 0. The van der Waals surface area contributed by atoms with E-state index in [9.17, 15) is 19.2 Å². The highest BCUT2D eigenvalue weighted by Crippen LogP contribution is 2.29. The number of carbonyl (C=O) groups excluding carboxylic acids is 4. The van der Waals surface area contributed by atoms with Crippen molar-refractivity contribution in [1.29, 1.82) is 0 Å². The molecule has 0 spiro atoms. The van der Waals surface area contributed by atoms with Crippen molar-refractivity contribution in [2.75, 3.05) is 0 Å². The maximum atomic E-state index is 13.1. The maximum absolute atomic E-state index is 13.1. The third-order valence-corrected chi connectivity index (χ3v) is 4.71. The number of carbonyl (C=O) groups is 4. The van der Waals surface area contributed by atoms with E-state index < -0.39 is 47.2 Å². The van der Waals surface area contributed by atoms with E-state index in [1.165, 1.54) is 6.92 Å². The molecular formula is C22H30N2O6. The van der Waals surface area contributed by atoms with E-state index in [1.807, 2.05) is 18.2 Å². The van der Waals surface area contributed by atoms with E-state index in [2.05, 4.69) is 5.32 Å². The second-order valence-corrected chi connectivity index (χ2v) is 8.77. The SMILES string of the molecule is CC(C)[C@H](NC(=O)OC(C)(C)C)C(=O)[C@H]1C(=O)N(OCc2ccccc2)C(=O)[C@@H]1C. The summed E-state index contributed by atoms with van der Waals surface area (Å²) in [6.45, 7) is 10.2. The van der Waals surface area contributed by atoms with E-state index in [1.54, 1.807) is 46.8 Å². The standard InChI is InChI=1S/C22H30N2O6/c1-13(2)17(23-21(28)30-22(4,5)6)18(25)16-14(3)19(26)24(20(16)27)29-12-15-10-8-7-9-11-15/h7-11,13-14,16-17H,12H2,1-6H3,(H,23,28)/t14-,16+,17+/m1/s1. The minimum absolute atomic E-state index is 0.0235. The van der Waals surface area contributed by atoms with E-state index in [0.29, 0.717) is 5.06 Å². The first-order valence-corrected chi connectivity index (χ1v) is 10.00. The summed E-state index contributed by atoms with van der Waals surface area (Å²) in [5.41, 5.74) is 0.0515. The number of rotatable bonds is 7. The number of Topliss-reactive ketones (excluding diaryl/α,β-unsaturated/α-hetero) is 1. The van der Waals surface area contributed by atoms with E-state index in [0.717, 1.165) is 5.56 Å². The molecule has 3 amide bonds. The van der Waals surface area contributed by atoms with Crippen molar-refractivity contribution in [1.82, 2.24) is 10.4 Å². The summed E-state index contributed by atoms with van der Waals surface area (Å²) in [5.74, 6) is -4.25. The lowest BCUT2D eigenvalue weighted by molar-refractivity contribution is -0.193. The average Bonchev–Trinajstić information content (AvgIpc) is 2.85. The van der Waals surface area contributed by atoms with Crippen molar-refractivity contribution in [3.05, 3.63) is 35.9 Å². The maximum Gasteiger partial charge on any atom is 0.408 e. The third-order valence-electron chi connectivity index (χ3n) is 4.71. The summed E-state index contributed by atoms with van der Waals surface area (Å²) in [4.78, 5) is 56.2. The van der Waals surface area contributed by atoms with Crippen LogP contribution in [-0.2, 0) is 30.6 Å². The number of nitrogens with one attached hydrogen (secondary N) is 1. The van der Waals surface area contributed by atoms with Gasteiger partial charge in [0.15, 0.2) is 5.78 Å². The first kappa shape index (κ1) is 23.5. The van der Waals surface area contributed by atoms with Gasteiger partial charge in [-0.05, 0) is 32.3 Å². The average molecular weight is 418 g/mol. The quantitative estimate of drug-likeness (QED) is 0.540.